The molecule has 122 valence electrons. The van der Waals surface area contributed by atoms with Gasteiger partial charge in [-0.05, 0) is 49.5 Å². The zero-order valence-corrected chi connectivity index (χ0v) is 13.2. The van der Waals surface area contributed by atoms with Crippen molar-refractivity contribution in [3.05, 3.63) is 71.3 Å². The lowest BCUT2D eigenvalue weighted by atomic mass is 10.1. The minimum atomic E-state index is -0.326. The number of likely N-dealkylation sites (N-methyl/N-ethyl adjacent to an activating group) is 1. The number of halogens is 2. The highest BCUT2D eigenvalue weighted by atomic mass is 19.1. The van der Waals surface area contributed by atoms with Gasteiger partial charge in [0, 0.05) is 6.54 Å². The average molecular weight is 318 g/mol. The first kappa shape index (κ1) is 17.1. The fourth-order valence-electron chi connectivity index (χ4n) is 2.37. The van der Waals surface area contributed by atoms with Crippen LogP contribution in [-0.4, -0.2) is 31.4 Å². The van der Waals surface area contributed by atoms with E-state index >= 15 is 0 Å². The molecule has 1 amide bonds. The van der Waals surface area contributed by atoms with E-state index in [1.54, 1.807) is 18.2 Å². The molecule has 0 aliphatic heterocycles. The van der Waals surface area contributed by atoms with Crippen molar-refractivity contribution in [1.29, 1.82) is 0 Å². The van der Waals surface area contributed by atoms with Crippen LogP contribution in [0.15, 0.2) is 48.5 Å². The third-order valence-electron chi connectivity index (χ3n) is 3.63. The number of nitrogens with one attached hydrogen (secondary N) is 1. The minimum absolute atomic E-state index is 0.122. The standard InChI is InChI=1S/C18H20F2N2O/c1-22(2)17(14-4-3-5-16(20)11-14)12-21-18(23)10-13-6-8-15(19)9-7-13/h3-9,11,17H,10,12H2,1-2H3,(H,21,23). The predicted molar refractivity (Wildman–Crippen MR) is 85.9 cm³/mol. The van der Waals surface area contributed by atoms with E-state index < -0.39 is 0 Å². The monoisotopic (exact) mass is 318 g/mol. The van der Waals surface area contributed by atoms with E-state index in [1.165, 1.54) is 24.3 Å². The van der Waals surface area contributed by atoms with E-state index in [1.807, 2.05) is 25.1 Å². The molecule has 0 heterocycles. The van der Waals surface area contributed by atoms with Gasteiger partial charge in [-0.15, -0.1) is 0 Å². The lowest BCUT2D eigenvalue weighted by Crippen LogP contribution is -2.35. The Labute approximate surface area is 134 Å². The van der Waals surface area contributed by atoms with Gasteiger partial charge in [0.15, 0.2) is 0 Å². The summed E-state index contributed by atoms with van der Waals surface area (Å²) in [6, 6.07) is 12.1. The molecule has 0 saturated carbocycles. The van der Waals surface area contributed by atoms with Gasteiger partial charge in [-0.2, -0.15) is 0 Å². The maximum Gasteiger partial charge on any atom is 0.224 e. The molecule has 0 aliphatic carbocycles. The Morgan fingerprint density at radius 3 is 2.39 bits per heavy atom. The van der Waals surface area contributed by atoms with Gasteiger partial charge in [0.1, 0.15) is 11.6 Å². The van der Waals surface area contributed by atoms with Crippen LogP contribution in [0.1, 0.15) is 17.2 Å². The normalized spacial score (nSPS) is 12.2. The number of amides is 1. The predicted octanol–water partition coefficient (Wildman–Crippen LogP) is 2.93. The van der Waals surface area contributed by atoms with Crippen molar-refractivity contribution in [2.75, 3.05) is 20.6 Å². The van der Waals surface area contributed by atoms with Crippen molar-refractivity contribution >= 4 is 5.91 Å². The van der Waals surface area contributed by atoms with Gasteiger partial charge in [-0.3, -0.25) is 4.79 Å². The van der Waals surface area contributed by atoms with E-state index in [2.05, 4.69) is 5.32 Å². The topological polar surface area (TPSA) is 32.3 Å². The maximum absolute atomic E-state index is 13.4. The molecule has 23 heavy (non-hydrogen) atoms. The number of hydrogen-bond acceptors (Lipinski definition) is 2. The number of rotatable bonds is 6. The maximum atomic E-state index is 13.4. The second kappa shape index (κ2) is 7.83. The summed E-state index contributed by atoms with van der Waals surface area (Å²) in [4.78, 5) is 13.9. The van der Waals surface area contributed by atoms with Crippen LogP contribution in [0.4, 0.5) is 8.78 Å². The van der Waals surface area contributed by atoms with E-state index in [0.29, 0.717) is 6.54 Å². The molecule has 0 saturated heterocycles. The first-order valence-electron chi connectivity index (χ1n) is 7.39. The number of hydrogen-bond donors (Lipinski definition) is 1. The van der Waals surface area contributed by atoms with Gasteiger partial charge >= 0.3 is 0 Å². The summed E-state index contributed by atoms with van der Waals surface area (Å²) < 4.78 is 26.2. The molecule has 2 aromatic rings. The summed E-state index contributed by atoms with van der Waals surface area (Å²) in [5.74, 6) is -0.778. The van der Waals surface area contributed by atoms with Crippen molar-refractivity contribution in [3.63, 3.8) is 0 Å². The lowest BCUT2D eigenvalue weighted by molar-refractivity contribution is -0.120. The first-order chi connectivity index (χ1) is 11.0. The van der Waals surface area contributed by atoms with Gasteiger partial charge < -0.3 is 10.2 Å². The summed E-state index contributed by atoms with van der Waals surface area (Å²) in [6.45, 7) is 0.372. The number of carbonyl (C=O) groups excluding carboxylic acids is 1. The third-order valence-corrected chi connectivity index (χ3v) is 3.63. The van der Waals surface area contributed by atoms with Crippen LogP contribution in [-0.2, 0) is 11.2 Å². The molecular weight excluding hydrogens is 298 g/mol. The Balaban J connectivity index is 1.96. The fraction of sp³-hybridized carbons (Fsp3) is 0.278. The molecule has 0 spiro atoms. The van der Waals surface area contributed by atoms with Crippen LogP contribution in [0.2, 0.25) is 0 Å². The van der Waals surface area contributed by atoms with Crippen molar-refractivity contribution < 1.29 is 13.6 Å². The summed E-state index contributed by atoms with van der Waals surface area (Å²) >= 11 is 0. The second-order valence-corrected chi connectivity index (χ2v) is 5.64. The van der Waals surface area contributed by atoms with Crippen LogP contribution in [0.5, 0.6) is 0 Å². The van der Waals surface area contributed by atoms with Crippen LogP contribution < -0.4 is 5.32 Å². The highest BCUT2D eigenvalue weighted by Crippen LogP contribution is 2.18. The van der Waals surface area contributed by atoms with Crippen molar-refractivity contribution in [2.45, 2.75) is 12.5 Å². The van der Waals surface area contributed by atoms with Gasteiger partial charge in [0.25, 0.3) is 0 Å². The van der Waals surface area contributed by atoms with Gasteiger partial charge in [0.2, 0.25) is 5.91 Å². The molecular formula is C18H20F2N2O. The Hall–Kier alpha value is -2.27. The first-order valence-corrected chi connectivity index (χ1v) is 7.39. The van der Waals surface area contributed by atoms with Crippen LogP contribution in [0, 0.1) is 11.6 Å². The van der Waals surface area contributed by atoms with Gasteiger partial charge in [-0.25, -0.2) is 8.78 Å². The van der Waals surface area contributed by atoms with E-state index in [4.69, 9.17) is 0 Å². The summed E-state index contributed by atoms with van der Waals surface area (Å²) in [6.07, 6.45) is 0.184. The van der Waals surface area contributed by atoms with Crippen molar-refractivity contribution in [2.24, 2.45) is 0 Å². The summed E-state index contributed by atoms with van der Waals surface area (Å²) in [5.41, 5.74) is 1.55. The second-order valence-electron chi connectivity index (χ2n) is 5.64. The molecule has 2 aromatic carbocycles. The third kappa shape index (κ3) is 5.14. The molecule has 0 bridgehead atoms. The molecule has 0 aliphatic rings. The van der Waals surface area contributed by atoms with Gasteiger partial charge in [0.05, 0.1) is 12.5 Å². The number of nitrogens with zero attached hydrogens (tertiary/aromatic N) is 1. The molecule has 0 radical (unpaired) electrons. The molecule has 1 N–H and O–H groups in total. The molecule has 5 heteroatoms. The minimum Gasteiger partial charge on any atom is -0.354 e. The van der Waals surface area contributed by atoms with E-state index in [0.717, 1.165) is 11.1 Å². The van der Waals surface area contributed by atoms with Gasteiger partial charge in [-0.1, -0.05) is 24.3 Å². The van der Waals surface area contributed by atoms with E-state index in [9.17, 15) is 13.6 Å². The Morgan fingerprint density at radius 1 is 1.09 bits per heavy atom. The van der Waals surface area contributed by atoms with Crippen LogP contribution in [0.3, 0.4) is 0 Å². The van der Waals surface area contributed by atoms with Crippen molar-refractivity contribution in [1.82, 2.24) is 10.2 Å². The number of carbonyl (C=O) groups is 1. The zero-order valence-electron chi connectivity index (χ0n) is 13.2. The van der Waals surface area contributed by atoms with Crippen LogP contribution in [0.25, 0.3) is 0 Å². The molecule has 1 atom stereocenters. The molecule has 1 unspecified atom stereocenters. The number of benzene rings is 2. The molecule has 0 aromatic heterocycles. The molecule has 3 nitrogen and oxygen atoms in total. The Kier molecular flexibility index (Phi) is 5.82. The average Bonchev–Trinajstić information content (AvgIpc) is 2.49. The fourth-order valence-corrected chi connectivity index (χ4v) is 2.37. The smallest absolute Gasteiger partial charge is 0.224 e. The zero-order chi connectivity index (χ0) is 16.8. The van der Waals surface area contributed by atoms with Crippen LogP contribution >= 0.6 is 0 Å². The lowest BCUT2D eigenvalue weighted by Gasteiger charge is -2.25. The van der Waals surface area contributed by atoms with E-state index in [-0.39, 0.29) is 30.0 Å². The highest BCUT2D eigenvalue weighted by Gasteiger charge is 2.16. The summed E-state index contributed by atoms with van der Waals surface area (Å²) in [7, 11) is 3.75. The SMILES string of the molecule is CN(C)C(CNC(=O)Cc1ccc(F)cc1)c1cccc(F)c1. The molecule has 2 rings (SSSR count). The highest BCUT2D eigenvalue weighted by molar-refractivity contribution is 5.78. The van der Waals surface area contributed by atoms with Crippen molar-refractivity contribution in [3.8, 4) is 0 Å². The Bertz CT molecular complexity index is 656. The Morgan fingerprint density at radius 2 is 1.78 bits per heavy atom. The quantitative estimate of drug-likeness (QED) is 0.888. The summed E-state index contributed by atoms with van der Waals surface area (Å²) in [5, 5.41) is 2.85. The molecule has 0 fully saturated rings. The largest absolute Gasteiger partial charge is 0.354 e.